The van der Waals surface area contributed by atoms with Gasteiger partial charge in [-0.15, -0.1) is 0 Å². The summed E-state index contributed by atoms with van der Waals surface area (Å²) in [6, 6.07) is 3.98. The van der Waals surface area contributed by atoms with Crippen LogP contribution in [0, 0.1) is 0 Å². The zero-order valence-electron chi connectivity index (χ0n) is 11.9. The lowest BCUT2D eigenvalue weighted by Crippen LogP contribution is -2.45. The smallest absolute Gasteiger partial charge is 0.277 e. The number of piperazine rings is 1. The molecule has 1 atom stereocenters. The highest BCUT2D eigenvalue weighted by Gasteiger charge is 2.25. The van der Waals surface area contributed by atoms with Gasteiger partial charge in [0.25, 0.3) is 5.89 Å². The molecule has 1 aliphatic rings. The summed E-state index contributed by atoms with van der Waals surface area (Å²) in [7, 11) is 0. The van der Waals surface area contributed by atoms with E-state index in [0.29, 0.717) is 11.6 Å². The summed E-state index contributed by atoms with van der Waals surface area (Å²) in [6.45, 7) is 6.19. The molecule has 3 heterocycles. The van der Waals surface area contributed by atoms with Crippen LogP contribution in [0.3, 0.4) is 0 Å². The van der Waals surface area contributed by atoms with E-state index in [-0.39, 0.29) is 6.04 Å². The predicted octanol–water partition coefficient (Wildman–Crippen LogP) is 2.25. The van der Waals surface area contributed by atoms with Crippen LogP contribution in [0.1, 0.15) is 25.2 Å². The quantitative estimate of drug-likeness (QED) is 0.911. The lowest BCUT2D eigenvalue weighted by Gasteiger charge is -2.32. The molecular formula is C14H18BrN5O. The van der Waals surface area contributed by atoms with Crippen LogP contribution >= 0.6 is 15.9 Å². The third-order valence-corrected chi connectivity index (χ3v) is 4.32. The summed E-state index contributed by atoms with van der Waals surface area (Å²) >= 11 is 3.46. The molecule has 0 aromatic carbocycles. The van der Waals surface area contributed by atoms with Gasteiger partial charge in [-0.3, -0.25) is 4.90 Å². The van der Waals surface area contributed by atoms with Crippen molar-refractivity contribution in [2.75, 3.05) is 26.2 Å². The molecule has 6 nitrogen and oxygen atoms in total. The van der Waals surface area contributed by atoms with Crippen LogP contribution in [0.4, 0.5) is 0 Å². The van der Waals surface area contributed by atoms with E-state index in [2.05, 4.69) is 48.2 Å². The average molecular weight is 352 g/mol. The van der Waals surface area contributed by atoms with E-state index in [1.54, 1.807) is 6.20 Å². The van der Waals surface area contributed by atoms with Gasteiger partial charge in [-0.2, -0.15) is 4.98 Å². The highest BCUT2D eigenvalue weighted by Crippen LogP contribution is 2.27. The molecule has 112 valence electrons. The van der Waals surface area contributed by atoms with E-state index in [1.807, 2.05) is 12.1 Å². The highest BCUT2D eigenvalue weighted by molar-refractivity contribution is 9.10. The van der Waals surface area contributed by atoms with Gasteiger partial charge in [0.1, 0.15) is 5.69 Å². The van der Waals surface area contributed by atoms with Gasteiger partial charge in [0, 0.05) is 36.8 Å². The van der Waals surface area contributed by atoms with E-state index < -0.39 is 0 Å². The van der Waals surface area contributed by atoms with Crippen molar-refractivity contribution >= 4 is 15.9 Å². The number of pyridine rings is 1. The fraction of sp³-hybridized carbons (Fsp3) is 0.500. The van der Waals surface area contributed by atoms with Crippen LogP contribution in [0.25, 0.3) is 11.6 Å². The first-order valence-corrected chi connectivity index (χ1v) is 7.98. The number of aromatic nitrogens is 3. The van der Waals surface area contributed by atoms with Crippen LogP contribution in [-0.2, 0) is 0 Å². The fourth-order valence-electron chi connectivity index (χ4n) is 2.61. The average Bonchev–Trinajstić information content (AvgIpc) is 2.99. The van der Waals surface area contributed by atoms with Gasteiger partial charge < -0.3 is 9.84 Å². The molecular weight excluding hydrogens is 334 g/mol. The third kappa shape index (κ3) is 3.14. The molecule has 0 bridgehead atoms. The minimum atomic E-state index is 0.201. The number of nitrogens with one attached hydrogen (secondary N) is 1. The molecule has 21 heavy (non-hydrogen) atoms. The maximum atomic E-state index is 5.41. The number of rotatable bonds is 4. The van der Waals surface area contributed by atoms with Crippen LogP contribution in [0.5, 0.6) is 0 Å². The van der Waals surface area contributed by atoms with Crippen LogP contribution in [0.15, 0.2) is 27.3 Å². The minimum absolute atomic E-state index is 0.201. The highest BCUT2D eigenvalue weighted by atomic mass is 79.9. The van der Waals surface area contributed by atoms with Gasteiger partial charge in [0.05, 0.1) is 6.04 Å². The van der Waals surface area contributed by atoms with Crippen molar-refractivity contribution in [1.82, 2.24) is 25.3 Å². The second kappa shape index (κ2) is 6.64. The Hall–Kier alpha value is -1.31. The Kier molecular flexibility index (Phi) is 4.62. The molecule has 2 aromatic heterocycles. The normalized spacial score (nSPS) is 17.8. The van der Waals surface area contributed by atoms with Gasteiger partial charge in [-0.05, 0) is 34.5 Å². The molecule has 3 rings (SSSR count). The number of hydrogen-bond acceptors (Lipinski definition) is 6. The van der Waals surface area contributed by atoms with E-state index >= 15 is 0 Å². The molecule has 1 N–H and O–H groups in total. The van der Waals surface area contributed by atoms with Gasteiger partial charge in [0.15, 0.2) is 5.82 Å². The molecule has 0 radical (unpaired) electrons. The monoisotopic (exact) mass is 351 g/mol. The van der Waals surface area contributed by atoms with E-state index in [4.69, 9.17) is 4.52 Å². The van der Waals surface area contributed by atoms with E-state index in [1.165, 1.54) is 0 Å². The van der Waals surface area contributed by atoms with Crippen LogP contribution in [-0.4, -0.2) is 46.2 Å². The van der Waals surface area contributed by atoms with Crippen molar-refractivity contribution in [1.29, 1.82) is 0 Å². The number of hydrogen-bond donors (Lipinski definition) is 1. The lowest BCUT2D eigenvalue weighted by molar-refractivity contribution is 0.160. The van der Waals surface area contributed by atoms with Crippen molar-refractivity contribution in [2.24, 2.45) is 0 Å². The Labute approximate surface area is 132 Å². The van der Waals surface area contributed by atoms with Crippen molar-refractivity contribution in [3.05, 3.63) is 28.6 Å². The molecule has 0 amide bonds. The zero-order chi connectivity index (χ0) is 14.7. The first-order valence-electron chi connectivity index (χ1n) is 7.19. The molecule has 0 aliphatic carbocycles. The van der Waals surface area contributed by atoms with Crippen LogP contribution in [0.2, 0.25) is 0 Å². The summed E-state index contributed by atoms with van der Waals surface area (Å²) in [5.74, 6) is 1.21. The SMILES string of the molecule is CCC(c1noc(-c2ncccc2Br)n1)N1CCNCC1. The second-order valence-corrected chi connectivity index (χ2v) is 5.86. The summed E-state index contributed by atoms with van der Waals surface area (Å²) < 4.78 is 6.27. The predicted molar refractivity (Wildman–Crippen MR) is 82.7 cm³/mol. The van der Waals surface area contributed by atoms with Gasteiger partial charge >= 0.3 is 0 Å². The first-order chi connectivity index (χ1) is 10.3. The Balaban J connectivity index is 1.84. The van der Waals surface area contributed by atoms with Crippen molar-refractivity contribution in [3.8, 4) is 11.6 Å². The Morgan fingerprint density at radius 2 is 2.24 bits per heavy atom. The van der Waals surface area contributed by atoms with Gasteiger partial charge in [-0.25, -0.2) is 4.98 Å². The fourth-order valence-corrected chi connectivity index (χ4v) is 3.03. The molecule has 1 saturated heterocycles. The summed E-state index contributed by atoms with van der Waals surface area (Å²) in [4.78, 5) is 11.2. The Morgan fingerprint density at radius 3 is 2.95 bits per heavy atom. The Bertz CT molecular complexity index is 597. The summed E-state index contributed by atoms with van der Waals surface area (Å²) in [5.41, 5.74) is 0.686. The summed E-state index contributed by atoms with van der Waals surface area (Å²) in [5, 5.41) is 7.53. The second-order valence-electron chi connectivity index (χ2n) is 5.00. The zero-order valence-corrected chi connectivity index (χ0v) is 13.5. The standard InChI is InChI=1S/C14H18BrN5O/c1-2-11(20-8-6-16-7-9-20)13-18-14(21-19-13)12-10(15)4-3-5-17-12/h3-5,11,16H,2,6-9H2,1H3. The maximum absolute atomic E-state index is 5.41. The summed E-state index contributed by atoms with van der Waals surface area (Å²) in [6.07, 6.45) is 2.68. The van der Waals surface area contributed by atoms with Crippen molar-refractivity contribution in [2.45, 2.75) is 19.4 Å². The number of halogens is 1. The van der Waals surface area contributed by atoms with Crippen molar-refractivity contribution < 1.29 is 4.52 Å². The maximum Gasteiger partial charge on any atom is 0.277 e. The van der Waals surface area contributed by atoms with Crippen molar-refractivity contribution in [3.63, 3.8) is 0 Å². The van der Waals surface area contributed by atoms with Crippen LogP contribution < -0.4 is 5.32 Å². The largest absolute Gasteiger partial charge is 0.332 e. The molecule has 0 spiro atoms. The van der Waals surface area contributed by atoms with Gasteiger partial charge in [-0.1, -0.05) is 12.1 Å². The minimum Gasteiger partial charge on any atom is -0.332 e. The van der Waals surface area contributed by atoms with Gasteiger partial charge in [0.2, 0.25) is 0 Å². The molecule has 1 fully saturated rings. The molecule has 1 unspecified atom stereocenters. The Morgan fingerprint density at radius 1 is 1.43 bits per heavy atom. The number of nitrogens with zero attached hydrogens (tertiary/aromatic N) is 4. The lowest BCUT2D eigenvalue weighted by atomic mass is 10.1. The molecule has 1 aliphatic heterocycles. The molecule has 0 saturated carbocycles. The molecule has 7 heteroatoms. The molecule has 2 aromatic rings. The third-order valence-electron chi connectivity index (χ3n) is 3.68. The van der Waals surface area contributed by atoms with E-state index in [9.17, 15) is 0 Å². The van der Waals surface area contributed by atoms with E-state index in [0.717, 1.165) is 42.9 Å². The topological polar surface area (TPSA) is 67.1 Å². The first kappa shape index (κ1) is 14.6.